The molecule has 2 heteroatoms. The van der Waals surface area contributed by atoms with Gasteiger partial charge >= 0.3 is 0 Å². The molecule has 0 nitrogen and oxygen atoms in total. The van der Waals surface area contributed by atoms with Gasteiger partial charge in [0, 0.05) is 11.6 Å². The maximum Gasteiger partial charge on any atom is 0.133 e. The highest BCUT2D eigenvalue weighted by atomic mass is 19.1. The Morgan fingerprint density at radius 1 is 1.15 bits per heavy atom. The lowest BCUT2D eigenvalue weighted by Gasteiger charge is -1.94. The van der Waals surface area contributed by atoms with Crippen LogP contribution in [0.1, 0.15) is 26.3 Å². The standard InChI is InChI=1S/C9H8F2.C2H6/c1-2-3-7-4-5-8(10)6-9(7)11;1-2/h2-6H,1H3;1-2H3/b3-2+;. The fourth-order valence-corrected chi connectivity index (χ4v) is 0.816. The molecule has 1 rings (SSSR count). The van der Waals surface area contributed by atoms with Crippen LogP contribution in [0.5, 0.6) is 0 Å². The van der Waals surface area contributed by atoms with E-state index >= 15 is 0 Å². The third kappa shape index (κ3) is 3.83. The van der Waals surface area contributed by atoms with E-state index in [4.69, 9.17) is 0 Å². The smallest absolute Gasteiger partial charge is 0.133 e. The summed E-state index contributed by atoms with van der Waals surface area (Å²) in [5.74, 6) is -1.07. The van der Waals surface area contributed by atoms with E-state index in [-0.39, 0.29) is 0 Å². The number of allylic oxidation sites excluding steroid dienone is 1. The van der Waals surface area contributed by atoms with Crippen LogP contribution in [0.25, 0.3) is 6.08 Å². The lowest BCUT2D eigenvalue weighted by atomic mass is 10.2. The summed E-state index contributed by atoms with van der Waals surface area (Å²) in [4.78, 5) is 0. The fourth-order valence-electron chi connectivity index (χ4n) is 0.816. The number of hydrogen-bond acceptors (Lipinski definition) is 0. The summed E-state index contributed by atoms with van der Waals surface area (Å²) < 4.78 is 25.1. The second kappa shape index (κ2) is 6.35. The Morgan fingerprint density at radius 3 is 2.23 bits per heavy atom. The number of hydrogen-bond donors (Lipinski definition) is 0. The normalized spacial score (nSPS) is 9.62. The molecule has 0 bridgehead atoms. The van der Waals surface area contributed by atoms with Crippen molar-refractivity contribution in [2.45, 2.75) is 20.8 Å². The Balaban J connectivity index is 0.000000671. The van der Waals surface area contributed by atoms with Gasteiger partial charge in [0.25, 0.3) is 0 Å². The van der Waals surface area contributed by atoms with Crippen molar-refractivity contribution < 1.29 is 8.78 Å². The van der Waals surface area contributed by atoms with Gasteiger partial charge in [-0.05, 0) is 19.1 Å². The Kier molecular flexibility index (Phi) is 5.77. The van der Waals surface area contributed by atoms with Gasteiger partial charge in [-0.25, -0.2) is 8.78 Å². The summed E-state index contributed by atoms with van der Waals surface area (Å²) >= 11 is 0. The van der Waals surface area contributed by atoms with Crippen LogP contribution in [-0.2, 0) is 0 Å². The van der Waals surface area contributed by atoms with Crippen LogP contribution in [0.4, 0.5) is 8.78 Å². The maximum absolute atomic E-state index is 12.7. The second-order valence-electron chi connectivity index (χ2n) is 2.17. The molecular formula is C11H14F2. The van der Waals surface area contributed by atoms with Crippen molar-refractivity contribution in [3.8, 4) is 0 Å². The molecule has 1 aromatic carbocycles. The van der Waals surface area contributed by atoms with Crippen molar-refractivity contribution in [3.05, 3.63) is 41.5 Å². The summed E-state index contributed by atoms with van der Waals surface area (Å²) in [6.07, 6.45) is 3.30. The van der Waals surface area contributed by atoms with Gasteiger partial charge in [-0.1, -0.05) is 26.0 Å². The van der Waals surface area contributed by atoms with Crippen LogP contribution in [-0.4, -0.2) is 0 Å². The monoisotopic (exact) mass is 184 g/mol. The van der Waals surface area contributed by atoms with E-state index in [1.54, 1.807) is 19.1 Å². The van der Waals surface area contributed by atoms with E-state index in [0.717, 1.165) is 6.07 Å². The molecule has 13 heavy (non-hydrogen) atoms. The first-order valence-electron chi connectivity index (χ1n) is 4.32. The van der Waals surface area contributed by atoms with E-state index in [0.29, 0.717) is 5.56 Å². The van der Waals surface area contributed by atoms with Gasteiger partial charge in [-0.15, -0.1) is 0 Å². The predicted octanol–water partition coefficient (Wildman–Crippen LogP) is 4.02. The first-order valence-corrected chi connectivity index (χ1v) is 4.32. The Labute approximate surface area is 77.9 Å². The molecular weight excluding hydrogens is 170 g/mol. The van der Waals surface area contributed by atoms with Gasteiger partial charge in [0.15, 0.2) is 0 Å². The summed E-state index contributed by atoms with van der Waals surface area (Å²) in [5, 5.41) is 0. The molecule has 0 heterocycles. The van der Waals surface area contributed by atoms with E-state index in [2.05, 4.69) is 0 Å². The van der Waals surface area contributed by atoms with Crippen molar-refractivity contribution in [3.63, 3.8) is 0 Å². The van der Waals surface area contributed by atoms with Crippen molar-refractivity contribution in [2.24, 2.45) is 0 Å². The van der Waals surface area contributed by atoms with Crippen LogP contribution in [0, 0.1) is 11.6 Å². The molecule has 0 atom stereocenters. The topological polar surface area (TPSA) is 0 Å². The van der Waals surface area contributed by atoms with Gasteiger partial charge < -0.3 is 0 Å². The molecule has 0 aliphatic heterocycles. The van der Waals surface area contributed by atoms with Gasteiger partial charge in [-0.2, -0.15) is 0 Å². The second-order valence-corrected chi connectivity index (χ2v) is 2.17. The molecule has 1 aromatic rings. The van der Waals surface area contributed by atoms with E-state index in [9.17, 15) is 8.78 Å². The van der Waals surface area contributed by atoms with Crippen LogP contribution in [0.3, 0.4) is 0 Å². The third-order valence-corrected chi connectivity index (χ3v) is 1.31. The molecule has 0 spiro atoms. The maximum atomic E-state index is 12.7. The summed E-state index contributed by atoms with van der Waals surface area (Å²) in [6.45, 7) is 5.78. The molecule has 0 unspecified atom stereocenters. The zero-order valence-electron chi connectivity index (χ0n) is 8.14. The number of benzene rings is 1. The molecule has 0 aliphatic carbocycles. The van der Waals surface area contributed by atoms with Gasteiger partial charge in [0.2, 0.25) is 0 Å². The van der Waals surface area contributed by atoms with Gasteiger partial charge in [-0.3, -0.25) is 0 Å². The quantitative estimate of drug-likeness (QED) is 0.618. The minimum atomic E-state index is -0.546. The summed E-state index contributed by atoms with van der Waals surface area (Å²) in [7, 11) is 0. The van der Waals surface area contributed by atoms with Crippen molar-refractivity contribution in [1.29, 1.82) is 0 Å². The minimum absolute atomic E-state index is 0.411. The van der Waals surface area contributed by atoms with Gasteiger partial charge in [0.05, 0.1) is 0 Å². The Hall–Kier alpha value is -1.18. The van der Waals surface area contributed by atoms with Crippen LogP contribution in [0.2, 0.25) is 0 Å². The molecule has 0 N–H and O–H groups in total. The molecule has 72 valence electrons. The lowest BCUT2D eigenvalue weighted by molar-refractivity contribution is 0.581. The SMILES string of the molecule is C/C=C/c1ccc(F)cc1F.CC. The molecule has 0 fully saturated rings. The van der Waals surface area contributed by atoms with Crippen molar-refractivity contribution >= 4 is 6.08 Å². The molecule has 0 amide bonds. The van der Waals surface area contributed by atoms with Crippen LogP contribution >= 0.6 is 0 Å². The fraction of sp³-hybridized carbons (Fsp3) is 0.273. The first-order chi connectivity index (χ1) is 6.24. The molecule has 0 saturated heterocycles. The lowest BCUT2D eigenvalue weighted by Crippen LogP contribution is -1.82. The van der Waals surface area contributed by atoms with E-state index < -0.39 is 11.6 Å². The summed E-state index contributed by atoms with van der Waals surface area (Å²) in [6, 6.07) is 3.51. The zero-order chi connectivity index (χ0) is 10.3. The van der Waals surface area contributed by atoms with E-state index in [1.165, 1.54) is 12.1 Å². The largest absolute Gasteiger partial charge is 0.207 e. The first kappa shape index (κ1) is 11.8. The highest BCUT2D eigenvalue weighted by molar-refractivity contribution is 5.49. The Morgan fingerprint density at radius 2 is 1.77 bits per heavy atom. The van der Waals surface area contributed by atoms with Gasteiger partial charge in [0.1, 0.15) is 11.6 Å². The number of halogens is 2. The minimum Gasteiger partial charge on any atom is -0.207 e. The van der Waals surface area contributed by atoms with E-state index in [1.807, 2.05) is 13.8 Å². The highest BCUT2D eigenvalue weighted by Crippen LogP contribution is 2.10. The molecule has 0 aliphatic rings. The Bertz CT molecular complexity index is 277. The van der Waals surface area contributed by atoms with Crippen molar-refractivity contribution in [1.82, 2.24) is 0 Å². The molecule has 0 aromatic heterocycles. The van der Waals surface area contributed by atoms with Crippen LogP contribution < -0.4 is 0 Å². The van der Waals surface area contributed by atoms with Crippen LogP contribution in [0.15, 0.2) is 24.3 Å². The highest BCUT2D eigenvalue weighted by Gasteiger charge is 1.98. The average Bonchev–Trinajstić information content (AvgIpc) is 2.14. The van der Waals surface area contributed by atoms with Crippen molar-refractivity contribution in [2.75, 3.05) is 0 Å². The molecule has 0 saturated carbocycles. The summed E-state index contributed by atoms with van der Waals surface area (Å²) in [5.41, 5.74) is 0.411. The predicted molar refractivity (Wildman–Crippen MR) is 52.4 cm³/mol. The number of rotatable bonds is 1. The average molecular weight is 184 g/mol. The zero-order valence-corrected chi connectivity index (χ0v) is 8.14. The molecule has 0 radical (unpaired) electrons. The third-order valence-electron chi connectivity index (χ3n) is 1.31.